The predicted molar refractivity (Wildman–Crippen MR) is 88.9 cm³/mol. The van der Waals surface area contributed by atoms with E-state index in [-0.39, 0.29) is 10.3 Å². The van der Waals surface area contributed by atoms with Gasteiger partial charge in [0.1, 0.15) is 4.90 Å². The summed E-state index contributed by atoms with van der Waals surface area (Å²) in [7, 11) is 0.187. The van der Waals surface area contributed by atoms with Crippen LogP contribution in [0.3, 0.4) is 0 Å². The molecule has 0 spiro atoms. The number of hydrogen-bond donors (Lipinski definition) is 2. The summed E-state index contributed by atoms with van der Waals surface area (Å²) in [5, 5.41) is 6.67. The molecule has 0 aliphatic rings. The Morgan fingerprint density at radius 1 is 1.14 bits per heavy atom. The molecule has 2 rings (SSSR count). The first-order chi connectivity index (χ1) is 10.1. The van der Waals surface area contributed by atoms with E-state index < -0.39 is 10.0 Å². The van der Waals surface area contributed by atoms with Crippen LogP contribution in [-0.2, 0) is 15.4 Å². The van der Waals surface area contributed by atoms with Crippen molar-refractivity contribution in [3.63, 3.8) is 0 Å². The van der Waals surface area contributed by atoms with E-state index in [0.29, 0.717) is 11.4 Å². The molecule has 0 aliphatic carbocycles. The third-order valence-corrected chi connectivity index (χ3v) is 4.67. The highest BCUT2D eigenvalue weighted by molar-refractivity contribution is 7.92. The van der Waals surface area contributed by atoms with Gasteiger partial charge in [-0.05, 0) is 24.3 Å². The summed E-state index contributed by atoms with van der Waals surface area (Å²) in [6.07, 6.45) is 1.34. The molecule has 0 bridgehead atoms. The number of aromatic amines is 1. The van der Waals surface area contributed by atoms with E-state index in [1.54, 1.807) is 12.1 Å². The van der Waals surface area contributed by atoms with E-state index in [9.17, 15) is 8.42 Å². The first-order valence-electron chi connectivity index (χ1n) is 6.95. The Balaban J connectivity index is 2.31. The lowest BCUT2D eigenvalue weighted by atomic mass is 9.92. The van der Waals surface area contributed by atoms with Gasteiger partial charge < -0.3 is 4.90 Å². The van der Waals surface area contributed by atoms with E-state index in [0.717, 1.165) is 5.69 Å². The smallest absolute Gasteiger partial charge is 0.265 e. The van der Waals surface area contributed by atoms with Crippen molar-refractivity contribution in [2.45, 2.75) is 31.1 Å². The van der Waals surface area contributed by atoms with Crippen LogP contribution in [0.2, 0.25) is 0 Å². The van der Waals surface area contributed by atoms with Crippen molar-refractivity contribution in [3.8, 4) is 0 Å². The predicted octanol–water partition coefficient (Wildman–Crippen LogP) is 2.57. The van der Waals surface area contributed by atoms with Crippen molar-refractivity contribution >= 4 is 21.4 Å². The van der Waals surface area contributed by atoms with Crippen molar-refractivity contribution < 1.29 is 8.42 Å². The van der Waals surface area contributed by atoms with Crippen LogP contribution in [0.1, 0.15) is 26.5 Å². The van der Waals surface area contributed by atoms with Crippen molar-refractivity contribution in [3.05, 3.63) is 36.2 Å². The fourth-order valence-electron chi connectivity index (χ4n) is 2.05. The molecule has 2 N–H and O–H groups in total. The maximum Gasteiger partial charge on any atom is 0.265 e. The molecule has 1 aromatic carbocycles. The molecule has 0 fully saturated rings. The van der Waals surface area contributed by atoms with Crippen LogP contribution < -0.4 is 9.62 Å². The van der Waals surface area contributed by atoms with Gasteiger partial charge in [-0.15, -0.1) is 0 Å². The SMILES string of the molecule is CN(C)c1ccc(NS(=O)(=O)c2cn[nH]c2C(C)(C)C)cc1. The van der Waals surface area contributed by atoms with Crippen LogP contribution in [0.4, 0.5) is 11.4 Å². The summed E-state index contributed by atoms with van der Waals surface area (Å²) < 4.78 is 27.7. The van der Waals surface area contributed by atoms with Gasteiger partial charge in [0.15, 0.2) is 0 Å². The molecular formula is C15H22N4O2S. The van der Waals surface area contributed by atoms with Gasteiger partial charge in [0.2, 0.25) is 0 Å². The second-order valence-corrected chi connectivity index (χ2v) is 8.06. The number of H-pyrrole nitrogens is 1. The fourth-order valence-corrected chi connectivity index (χ4v) is 3.42. The monoisotopic (exact) mass is 322 g/mol. The molecule has 0 radical (unpaired) electrons. The van der Waals surface area contributed by atoms with E-state index in [4.69, 9.17) is 0 Å². The lowest BCUT2D eigenvalue weighted by Crippen LogP contribution is -2.20. The lowest BCUT2D eigenvalue weighted by Gasteiger charge is -2.19. The first-order valence-corrected chi connectivity index (χ1v) is 8.43. The Morgan fingerprint density at radius 2 is 1.73 bits per heavy atom. The zero-order chi connectivity index (χ0) is 16.5. The molecular weight excluding hydrogens is 300 g/mol. The Kier molecular flexibility index (Phi) is 4.19. The Morgan fingerprint density at radius 3 is 2.23 bits per heavy atom. The highest BCUT2D eigenvalue weighted by Crippen LogP contribution is 2.28. The quantitative estimate of drug-likeness (QED) is 0.907. The minimum atomic E-state index is -3.67. The molecule has 1 heterocycles. The molecule has 6 nitrogen and oxygen atoms in total. The third kappa shape index (κ3) is 3.41. The van der Waals surface area contributed by atoms with Crippen LogP contribution >= 0.6 is 0 Å². The summed E-state index contributed by atoms with van der Waals surface area (Å²) in [6, 6.07) is 7.20. The third-order valence-electron chi connectivity index (χ3n) is 3.28. The van der Waals surface area contributed by atoms with Gasteiger partial charge in [0.25, 0.3) is 10.0 Å². The van der Waals surface area contributed by atoms with E-state index in [1.165, 1.54) is 6.20 Å². The van der Waals surface area contributed by atoms with Gasteiger partial charge in [-0.3, -0.25) is 9.82 Å². The number of anilines is 2. The topological polar surface area (TPSA) is 78.1 Å². The highest BCUT2D eigenvalue weighted by atomic mass is 32.2. The normalized spacial score (nSPS) is 12.2. The largest absolute Gasteiger partial charge is 0.378 e. The molecule has 120 valence electrons. The van der Waals surface area contributed by atoms with Crippen molar-refractivity contribution in [2.75, 3.05) is 23.7 Å². The lowest BCUT2D eigenvalue weighted by molar-refractivity contribution is 0.547. The second-order valence-electron chi connectivity index (χ2n) is 6.41. The molecule has 7 heteroatoms. The number of nitrogens with zero attached hydrogens (tertiary/aromatic N) is 2. The average Bonchev–Trinajstić information content (AvgIpc) is 2.88. The molecule has 1 aromatic heterocycles. The summed E-state index contributed by atoms with van der Waals surface area (Å²) >= 11 is 0. The zero-order valence-corrected chi connectivity index (χ0v) is 14.3. The first kappa shape index (κ1) is 16.4. The maximum atomic E-state index is 12.6. The van der Waals surface area contributed by atoms with Gasteiger partial charge in [-0.1, -0.05) is 20.8 Å². The van der Waals surface area contributed by atoms with Gasteiger partial charge in [-0.2, -0.15) is 5.10 Å². The average molecular weight is 322 g/mol. The van der Waals surface area contributed by atoms with Gasteiger partial charge in [-0.25, -0.2) is 8.42 Å². The summed E-state index contributed by atoms with van der Waals surface area (Å²) in [6.45, 7) is 5.81. The van der Waals surface area contributed by atoms with E-state index in [1.807, 2.05) is 51.9 Å². The minimum absolute atomic E-state index is 0.177. The van der Waals surface area contributed by atoms with Crippen LogP contribution in [0.5, 0.6) is 0 Å². The Bertz CT molecular complexity index is 741. The Hall–Kier alpha value is -2.02. The van der Waals surface area contributed by atoms with Gasteiger partial charge in [0.05, 0.1) is 11.9 Å². The van der Waals surface area contributed by atoms with Crippen LogP contribution in [0, 0.1) is 0 Å². The number of nitrogens with one attached hydrogen (secondary N) is 2. The second kappa shape index (κ2) is 5.64. The molecule has 0 amide bonds. The molecule has 2 aromatic rings. The van der Waals surface area contributed by atoms with Crippen LogP contribution in [-0.4, -0.2) is 32.7 Å². The molecule has 0 saturated carbocycles. The van der Waals surface area contributed by atoms with Crippen molar-refractivity contribution in [1.29, 1.82) is 0 Å². The van der Waals surface area contributed by atoms with E-state index >= 15 is 0 Å². The molecule has 22 heavy (non-hydrogen) atoms. The van der Waals surface area contributed by atoms with E-state index in [2.05, 4.69) is 14.9 Å². The maximum absolute atomic E-state index is 12.6. The Labute approximate surface area is 131 Å². The summed E-state index contributed by atoms with van der Waals surface area (Å²) in [5.74, 6) is 0. The number of rotatable bonds is 4. The van der Waals surface area contributed by atoms with Crippen LogP contribution in [0.15, 0.2) is 35.4 Å². The van der Waals surface area contributed by atoms with Gasteiger partial charge in [0, 0.05) is 30.9 Å². The number of hydrogen-bond acceptors (Lipinski definition) is 4. The molecule has 0 aliphatic heterocycles. The zero-order valence-electron chi connectivity index (χ0n) is 13.5. The summed E-state index contributed by atoms with van der Waals surface area (Å²) in [5.41, 5.74) is 1.77. The number of benzene rings is 1. The van der Waals surface area contributed by atoms with Crippen molar-refractivity contribution in [2.24, 2.45) is 0 Å². The highest BCUT2D eigenvalue weighted by Gasteiger charge is 2.28. The number of sulfonamides is 1. The number of aromatic nitrogens is 2. The standard InChI is InChI=1S/C15H22N4O2S/c1-15(2,3)14-13(10-16-17-14)22(20,21)18-11-6-8-12(9-7-11)19(4)5/h6-10,18H,1-5H3,(H,16,17). The molecule has 0 atom stereocenters. The van der Waals surface area contributed by atoms with Crippen molar-refractivity contribution in [1.82, 2.24) is 10.2 Å². The molecule has 0 saturated heterocycles. The van der Waals surface area contributed by atoms with Crippen LogP contribution in [0.25, 0.3) is 0 Å². The molecule has 0 unspecified atom stereocenters. The van der Waals surface area contributed by atoms with Gasteiger partial charge >= 0.3 is 0 Å². The fraction of sp³-hybridized carbons (Fsp3) is 0.400. The minimum Gasteiger partial charge on any atom is -0.378 e. The summed E-state index contributed by atoms with van der Waals surface area (Å²) in [4.78, 5) is 2.13.